The maximum atomic E-state index is 13.3. The van der Waals surface area contributed by atoms with E-state index in [2.05, 4.69) is 10.3 Å². The van der Waals surface area contributed by atoms with E-state index in [1.807, 2.05) is 50.2 Å². The van der Waals surface area contributed by atoms with Gasteiger partial charge in [-0.1, -0.05) is 31.4 Å². The number of nitrogens with one attached hydrogen (secondary N) is 1. The molecule has 31 heavy (non-hydrogen) atoms. The van der Waals surface area contributed by atoms with E-state index < -0.39 is 0 Å². The average molecular weight is 423 g/mol. The van der Waals surface area contributed by atoms with Gasteiger partial charge in [0, 0.05) is 12.2 Å². The maximum absolute atomic E-state index is 13.3. The van der Waals surface area contributed by atoms with Crippen LogP contribution in [0.4, 0.5) is 0 Å². The van der Waals surface area contributed by atoms with Gasteiger partial charge >= 0.3 is 5.69 Å². The third kappa shape index (κ3) is 4.50. The highest BCUT2D eigenvalue weighted by Crippen LogP contribution is 2.29. The molecule has 2 aromatic heterocycles. The third-order valence-electron chi connectivity index (χ3n) is 6.03. The molecular formula is C24H30N4O3. The second-order valence-corrected chi connectivity index (χ2v) is 8.17. The van der Waals surface area contributed by atoms with Crippen molar-refractivity contribution in [3.63, 3.8) is 0 Å². The van der Waals surface area contributed by atoms with Crippen molar-refractivity contribution in [2.75, 3.05) is 6.61 Å². The van der Waals surface area contributed by atoms with Crippen LogP contribution in [0.25, 0.3) is 11.2 Å². The Morgan fingerprint density at radius 3 is 2.65 bits per heavy atom. The van der Waals surface area contributed by atoms with Crippen molar-refractivity contribution < 1.29 is 9.53 Å². The molecule has 1 aliphatic carbocycles. The van der Waals surface area contributed by atoms with Crippen LogP contribution in [0, 0.1) is 0 Å². The number of ether oxygens (including phenoxy) is 1. The van der Waals surface area contributed by atoms with Crippen molar-refractivity contribution in [1.82, 2.24) is 19.4 Å². The summed E-state index contributed by atoms with van der Waals surface area (Å²) in [6.07, 6.45) is 7.13. The molecule has 0 spiro atoms. The lowest BCUT2D eigenvalue weighted by molar-refractivity contribution is -0.122. The Kier molecular flexibility index (Phi) is 6.39. The predicted octanol–water partition coefficient (Wildman–Crippen LogP) is 3.98. The van der Waals surface area contributed by atoms with Crippen LogP contribution in [-0.2, 0) is 11.3 Å². The van der Waals surface area contributed by atoms with Crippen LogP contribution in [0.1, 0.15) is 63.6 Å². The van der Waals surface area contributed by atoms with Crippen LogP contribution in [-0.4, -0.2) is 26.6 Å². The second-order valence-electron chi connectivity index (χ2n) is 8.17. The van der Waals surface area contributed by atoms with Gasteiger partial charge in [0.2, 0.25) is 5.91 Å². The van der Waals surface area contributed by atoms with E-state index in [0.29, 0.717) is 17.8 Å². The molecule has 4 rings (SSSR count). The molecule has 1 saturated carbocycles. The van der Waals surface area contributed by atoms with Crippen LogP contribution < -0.4 is 15.7 Å². The van der Waals surface area contributed by atoms with Crippen LogP contribution in [0.15, 0.2) is 47.4 Å². The summed E-state index contributed by atoms with van der Waals surface area (Å²) in [7, 11) is 0. The van der Waals surface area contributed by atoms with Crippen LogP contribution in [0.3, 0.4) is 0 Å². The first-order valence-corrected chi connectivity index (χ1v) is 11.2. The van der Waals surface area contributed by atoms with E-state index in [1.54, 1.807) is 15.3 Å². The summed E-state index contributed by atoms with van der Waals surface area (Å²) in [5.41, 5.74) is 2.22. The highest BCUT2D eigenvalue weighted by atomic mass is 16.5. The fourth-order valence-electron chi connectivity index (χ4n) is 4.46. The van der Waals surface area contributed by atoms with Crippen LogP contribution in [0.5, 0.6) is 5.75 Å². The van der Waals surface area contributed by atoms with Crippen molar-refractivity contribution in [1.29, 1.82) is 0 Å². The first-order valence-electron chi connectivity index (χ1n) is 11.2. The fraction of sp³-hybridized carbons (Fsp3) is 0.458. The summed E-state index contributed by atoms with van der Waals surface area (Å²) < 4.78 is 8.83. The molecule has 2 heterocycles. The molecule has 1 aliphatic rings. The van der Waals surface area contributed by atoms with Crippen LogP contribution >= 0.6 is 0 Å². The summed E-state index contributed by atoms with van der Waals surface area (Å²) in [6.45, 7) is 4.47. The molecule has 0 radical (unpaired) electrons. The van der Waals surface area contributed by atoms with E-state index in [1.165, 1.54) is 6.42 Å². The van der Waals surface area contributed by atoms with Crippen molar-refractivity contribution >= 4 is 17.1 Å². The van der Waals surface area contributed by atoms with Gasteiger partial charge in [0.15, 0.2) is 5.65 Å². The first kappa shape index (κ1) is 21.2. The maximum Gasteiger partial charge on any atom is 0.331 e. The molecule has 3 aromatic rings. The zero-order valence-electron chi connectivity index (χ0n) is 18.2. The lowest BCUT2D eigenvalue weighted by Gasteiger charge is -2.22. The summed E-state index contributed by atoms with van der Waals surface area (Å²) >= 11 is 0. The molecule has 0 saturated heterocycles. The Hall–Kier alpha value is -3.09. The number of rotatable bonds is 7. The Labute approximate surface area is 182 Å². The van der Waals surface area contributed by atoms with Gasteiger partial charge in [0.1, 0.15) is 12.3 Å². The first-order chi connectivity index (χ1) is 15.1. The normalized spacial score (nSPS) is 15.7. The zero-order valence-corrected chi connectivity index (χ0v) is 18.2. The van der Waals surface area contributed by atoms with Gasteiger partial charge in [-0.3, -0.25) is 13.9 Å². The Morgan fingerprint density at radius 2 is 1.94 bits per heavy atom. The predicted molar refractivity (Wildman–Crippen MR) is 120 cm³/mol. The highest BCUT2D eigenvalue weighted by Gasteiger charge is 2.24. The summed E-state index contributed by atoms with van der Waals surface area (Å²) in [4.78, 5) is 30.6. The minimum atomic E-state index is -0.199. The molecule has 1 N–H and O–H groups in total. The summed E-state index contributed by atoms with van der Waals surface area (Å²) in [5.74, 6) is 0.606. The second kappa shape index (κ2) is 9.37. The smallest absolute Gasteiger partial charge is 0.331 e. The number of nitrogens with zero attached hydrogens (tertiary/aromatic N) is 3. The molecule has 1 atom stereocenters. The number of fused-ring (bicyclic) bond motifs is 1. The lowest BCUT2D eigenvalue weighted by Crippen LogP contribution is -2.35. The molecule has 1 aromatic carbocycles. The van der Waals surface area contributed by atoms with Crippen molar-refractivity contribution in [3.05, 3.63) is 58.6 Å². The molecule has 1 amide bonds. The van der Waals surface area contributed by atoms with E-state index in [0.717, 1.165) is 37.0 Å². The number of carbonyl (C=O) groups is 1. The molecule has 7 nitrogen and oxygen atoms in total. The Balaban J connectivity index is 1.53. The van der Waals surface area contributed by atoms with E-state index in [4.69, 9.17) is 4.74 Å². The van der Waals surface area contributed by atoms with Gasteiger partial charge in [-0.2, -0.15) is 0 Å². The largest absolute Gasteiger partial charge is 0.494 e. The summed E-state index contributed by atoms with van der Waals surface area (Å²) in [5, 5.41) is 3.01. The average Bonchev–Trinajstić information content (AvgIpc) is 3.06. The van der Waals surface area contributed by atoms with Gasteiger partial charge in [-0.15, -0.1) is 0 Å². The molecule has 0 bridgehead atoms. The lowest BCUT2D eigenvalue weighted by atomic mass is 9.95. The van der Waals surface area contributed by atoms with Gasteiger partial charge < -0.3 is 10.1 Å². The molecule has 1 unspecified atom stereocenters. The topological polar surface area (TPSA) is 78.1 Å². The molecule has 7 heteroatoms. The van der Waals surface area contributed by atoms with Gasteiger partial charge in [-0.25, -0.2) is 9.78 Å². The summed E-state index contributed by atoms with van der Waals surface area (Å²) in [6, 6.07) is 11.3. The minimum absolute atomic E-state index is 0.0257. The Bertz CT molecular complexity index is 1090. The number of hydrogen-bond acceptors (Lipinski definition) is 4. The molecule has 1 fully saturated rings. The van der Waals surface area contributed by atoms with Gasteiger partial charge in [-0.05, 0) is 56.5 Å². The number of amides is 1. The van der Waals surface area contributed by atoms with Crippen molar-refractivity contribution in [3.8, 4) is 5.75 Å². The fourth-order valence-corrected chi connectivity index (χ4v) is 4.46. The molecular weight excluding hydrogens is 392 g/mol. The van der Waals surface area contributed by atoms with Crippen LogP contribution in [0.2, 0.25) is 0 Å². The number of imidazole rings is 1. The molecule has 164 valence electrons. The number of pyridine rings is 1. The van der Waals surface area contributed by atoms with E-state index in [-0.39, 0.29) is 30.2 Å². The Morgan fingerprint density at radius 1 is 1.19 bits per heavy atom. The third-order valence-corrected chi connectivity index (χ3v) is 6.03. The van der Waals surface area contributed by atoms with Gasteiger partial charge in [0.25, 0.3) is 0 Å². The minimum Gasteiger partial charge on any atom is -0.494 e. The van der Waals surface area contributed by atoms with Crippen molar-refractivity contribution in [2.24, 2.45) is 0 Å². The standard InChI is InChI=1S/C24H30N4O3/c1-3-31-20-13-11-18(12-14-20)17(2)26-22(29)16-27-21-10-7-15-25-23(21)28(24(27)30)19-8-5-4-6-9-19/h7,10-15,17,19H,3-6,8-9,16H2,1-2H3,(H,26,29). The number of benzene rings is 1. The monoisotopic (exact) mass is 422 g/mol. The SMILES string of the molecule is CCOc1ccc(C(C)NC(=O)Cn2c(=O)n(C3CCCCC3)c3ncccc32)cc1. The molecule has 0 aliphatic heterocycles. The highest BCUT2D eigenvalue weighted by molar-refractivity contribution is 5.79. The van der Waals surface area contributed by atoms with Crippen molar-refractivity contribution in [2.45, 2.75) is 64.6 Å². The quantitative estimate of drug-likeness (QED) is 0.625. The van der Waals surface area contributed by atoms with E-state index in [9.17, 15) is 9.59 Å². The number of carbonyl (C=O) groups excluding carboxylic acids is 1. The number of hydrogen-bond donors (Lipinski definition) is 1. The van der Waals surface area contributed by atoms with Gasteiger partial charge in [0.05, 0.1) is 18.2 Å². The number of aromatic nitrogens is 3. The van der Waals surface area contributed by atoms with E-state index >= 15 is 0 Å². The zero-order chi connectivity index (χ0) is 21.8.